The Morgan fingerprint density at radius 1 is 1.08 bits per heavy atom. The molecule has 2 aromatic carbocycles. The molecule has 3 aromatic rings. The molecule has 3 rings (SSSR count). The fraction of sp³-hybridized carbons (Fsp3) is 0.0500. The fourth-order valence-corrected chi connectivity index (χ4v) is 2.39. The molecule has 128 valence electrons. The lowest BCUT2D eigenvalue weighted by molar-refractivity contribution is 1.09. The minimum Gasteiger partial charge on any atom is -0.397 e. The highest BCUT2D eigenvalue weighted by Crippen LogP contribution is 2.19. The predicted octanol–water partition coefficient (Wildman–Crippen LogP) is 2.65. The van der Waals surface area contributed by atoms with Crippen LogP contribution in [-0.4, -0.2) is 16.2 Å². The summed E-state index contributed by atoms with van der Waals surface area (Å²) < 4.78 is 0. The third kappa shape index (κ3) is 4.16. The lowest BCUT2D eigenvalue weighted by Crippen LogP contribution is -2.06. The first kappa shape index (κ1) is 17.0. The lowest BCUT2D eigenvalue weighted by Gasteiger charge is -2.10. The normalized spacial score (nSPS) is 9.85. The third-order valence-electron chi connectivity index (χ3n) is 3.69. The number of aromatic nitrogens is 2. The summed E-state index contributed by atoms with van der Waals surface area (Å²) in [6.45, 7) is 0.498. The van der Waals surface area contributed by atoms with Gasteiger partial charge >= 0.3 is 0 Å². The van der Waals surface area contributed by atoms with Crippen LogP contribution in [0.25, 0.3) is 0 Å². The Morgan fingerprint density at radius 2 is 1.88 bits per heavy atom. The second-order valence-corrected chi connectivity index (χ2v) is 5.56. The van der Waals surface area contributed by atoms with Gasteiger partial charge in [0.05, 0.1) is 5.69 Å². The van der Waals surface area contributed by atoms with E-state index in [1.165, 1.54) is 6.21 Å². The van der Waals surface area contributed by atoms with Crippen LogP contribution in [-0.2, 0) is 6.54 Å². The van der Waals surface area contributed by atoms with E-state index in [0.29, 0.717) is 29.2 Å². The first-order valence-electron chi connectivity index (χ1n) is 7.98. The molecule has 0 spiro atoms. The van der Waals surface area contributed by atoms with Gasteiger partial charge < -0.3 is 22.2 Å². The molecule has 0 saturated heterocycles. The molecular formula is C20H18N6. The minimum absolute atomic E-state index is 0.210. The van der Waals surface area contributed by atoms with Gasteiger partial charge in [-0.2, -0.15) is 4.98 Å². The Morgan fingerprint density at radius 3 is 2.62 bits per heavy atom. The molecule has 26 heavy (non-hydrogen) atoms. The average Bonchev–Trinajstić information content (AvgIpc) is 2.67. The summed E-state index contributed by atoms with van der Waals surface area (Å²) in [5.74, 6) is 7.04. The second kappa shape index (κ2) is 7.81. The standard InChI is InChI=1S/C20H18N6/c21-12-17-11-15(13-25-18-8-9-24-20(23)26-18)10-16(19(17)22)7-6-14-4-2-1-3-5-14/h1-5,8-12,21H,13,22H2,(H3,23,24,25,26). The molecule has 0 bridgehead atoms. The number of anilines is 3. The lowest BCUT2D eigenvalue weighted by atomic mass is 10.0. The number of rotatable bonds is 4. The van der Waals surface area contributed by atoms with E-state index in [1.54, 1.807) is 12.3 Å². The van der Waals surface area contributed by atoms with Crippen molar-refractivity contribution in [3.8, 4) is 11.8 Å². The Balaban J connectivity index is 1.87. The quantitative estimate of drug-likeness (QED) is 0.331. The summed E-state index contributed by atoms with van der Waals surface area (Å²) in [6, 6.07) is 15.2. The van der Waals surface area contributed by atoms with Crippen molar-refractivity contribution < 1.29 is 0 Å². The number of nitrogens with two attached hydrogens (primary N) is 2. The van der Waals surface area contributed by atoms with E-state index in [1.807, 2.05) is 42.5 Å². The maximum atomic E-state index is 7.59. The molecule has 0 aliphatic heterocycles. The number of nitrogen functional groups attached to an aromatic ring is 2. The van der Waals surface area contributed by atoms with Crippen molar-refractivity contribution in [2.75, 3.05) is 16.8 Å². The molecule has 6 nitrogen and oxygen atoms in total. The maximum Gasteiger partial charge on any atom is 0.221 e. The van der Waals surface area contributed by atoms with Gasteiger partial charge in [0, 0.05) is 35.6 Å². The van der Waals surface area contributed by atoms with Crippen LogP contribution in [0, 0.1) is 17.3 Å². The molecule has 0 aliphatic carbocycles. The number of nitrogens with zero attached hydrogens (tertiary/aromatic N) is 2. The maximum absolute atomic E-state index is 7.59. The van der Waals surface area contributed by atoms with Crippen LogP contribution in [0.3, 0.4) is 0 Å². The minimum atomic E-state index is 0.210. The summed E-state index contributed by atoms with van der Waals surface area (Å²) in [4.78, 5) is 7.97. The van der Waals surface area contributed by atoms with E-state index in [2.05, 4.69) is 27.1 Å². The monoisotopic (exact) mass is 342 g/mol. The van der Waals surface area contributed by atoms with Crippen LogP contribution < -0.4 is 16.8 Å². The van der Waals surface area contributed by atoms with E-state index in [-0.39, 0.29) is 5.95 Å². The molecule has 0 aliphatic rings. The molecule has 6 heteroatoms. The van der Waals surface area contributed by atoms with Crippen molar-refractivity contribution in [3.05, 3.63) is 77.0 Å². The van der Waals surface area contributed by atoms with Crippen LogP contribution in [0.15, 0.2) is 54.7 Å². The van der Waals surface area contributed by atoms with Gasteiger partial charge in [-0.1, -0.05) is 30.0 Å². The van der Waals surface area contributed by atoms with Crippen molar-refractivity contribution in [1.82, 2.24) is 9.97 Å². The van der Waals surface area contributed by atoms with Crippen LogP contribution in [0.4, 0.5) is 17.5 Å². The van der Waals surface area contributed by atoms with Gasteiger partial charge in [0.2, 0.25) is 5.95 Å². The zero-order valence-electron chi connectivity index (χ0n) is 14.0. The van der Waals surface area contributed by atoms with Crippen LogP contribution >= 0.6 is 0 Å². The van der Waals surface area contributed by atoms with Crippen LogP contribution in [0.5, 0.6) is 0 Å². The molecular weight excluding hydrogens is 324 g/mol. The van der Waals surface area contributed by atoms with Gasteiger partial charge in [-0.05, 0) is 35.9 Å². The summed E-state index contributed by atoms with van der Waals surface area (Å²) in [6.07, 6.45) is 2.82. The Labute approximate surface area is 151 Å². The molecule has 0 radical (unpaired) electrons. The van der Waals surface area contributed by atoms with E-state index in [4.69, 9.17) is 16.9 Å². The number of hydrogen-bond acceptors (Lipinski definition) is 6. The molecule has 0 amide bonds. The highest BCUT2D eigenvalue weighted by molar-refractivity contribution is 5.87. The summed E-state index contributed by atoms with van der Waals surface area (Å²) >= 11 is 0. The van der Waals surface area contributed by atoms with Gasteiger partial charge in [-0.15, -0.1) is 0 Å². The molecule has 0 atom stereocenters. The van der Waals surface area contributed by atoms with E-state index in [0.717, 1.165) is 11.1 Å². The van der Waals surface area contributed by atoms with E-state index < -0.39 is 0 Å². The zero-order chi connectivity index (χ0) is 18.4. The summed E-state index contributed by atoms with van der Waals surface area (Å²) in [5.41, 5.74) is 15.4. The number of benzene rings is 2. The number of nitrogens with one attached hydrogen (secondary N) is 2. The van der Waals surface area contributed by atoms with Crippen molar-refractivity contribution >= 4 is 23.7 Å². The highest BCUT2D eigenvalue weighted by atomic mass is 15.1. The molecule has 1 aromatic heterocycles. The smallest absolute Gasteiger partial charge is 0.221 e. The zero-order valence-corrected chi connectivity index (χ0v) is 14.0. The first-order valence-corrected chi connectivity index (χ1v) is 7.98. The van der Waals surface area contributed by atoms with Crippen molar-refractivity contribution in [2.24, 2.45) is 0 Å². The van der Waals surface area contributed by atoms with Gasteiger partial charge in [0.25, 0.3) is 0 Å². The molecule has 0 fully saturated rings. The topological polar surface area (TPSA) is 114 Å². The fourth-order valence-electron chi connectivity index (χ4n) is 2.39. The Bertz CT molecular complexity index is 986. The van der Waals surface area contributed by atoms with Gasteiger partial charge in [-0.3, -0.25) is 0 Å². The van der Waals surface area contributed by atoms with Crippen LogP contribution in [0.2, 0.25) is 0 Å². The van der Waals surface area contributed by atoms with Crippen molar-refractivity contribution in [1.29, 1.82) is 5.41 Å². The highest BCUT2D eigenvalue weighted by Gasteiger charge is 2.06. The largest absolute Gasteiger partial charge is 0.397 e. The van der Waals surface area contributed by atoms with Gasteiger partial charge in [0.15, 0.2) is 0 Å². The molecule has 1 heterocycles. The van der Waals surface area contributed by atoms with E-state index in [9.17, 15) is 0 Å². The van der Waals surface area contributed by atoms with Crippen molar-refractivity contribution in [2.45, 2.75) is 6.54 Å². The van der Waals surface area contributed by atoms with Crippen LogP contribution in [0.1, 0.15) is 22.3 Å². The van der Waals surface area contributed by atoms with Crippen molar-refractivity contribution in [3.63, 3.8) is 0 Å². The summed E-state index contributed by atoms with van der Waals surface area (Å²) in [5, 5.41) is 10.8. The predicted molar refractivity (Wildman–Crippen MR) is 105 cm³/mol. The van der Waals surface area contributed by atoms with Gasteiger partial charge in [-0.25, -0.2) is 4.98 Å². The van der Waals surface area contributed by atoms with E-state index >= 15 is 0 Å². The SMILES string of the molecule is N=Cc1cc(CNc2ccnc(N)n2)cc(C#Cc2ccccc2)c1N. The second-order valence-electron chi connectivity index (χ2n) is 5.56. The molecule has 6 N–H and O–H groups in total. The first-order chi connectivity index (χ1) is 12.7. The Kier molecular flexibility index (Phi) is 5.11. The Hall–Kier alpha value is -3.85. The average molecular weight is 342 g/mol. The van der Waals surface area contributed by atoms with Gasteiger partial charge in [0.1, 0.15) is 5.82 Å². The third-order valence-corrected chi connectivity index (χ3v) is 3.69. The molecule has 0 saturated carbocycles. The number of hydrogen-bond donors (Lipinski definition) is 4. The summed E-state index contributed by atoms with van der Waals surface area (Å²) in [7, 11) is 0. The molecule has 0 unspecified atom stereocenters.